The first-order valence-electron chi connectivity index (χ1n) is 10.2. The molecule has 5 rings (SSSR count). The lowest BCUT2D eigenvalue weighted by molar-refractivity contribution is 0.0999. The maximum Gasteiger partial charge on any atom is 0.249 e. The topological polar surface area (TPSA) is 81.8 Å². The van der Waals surface area contributed by atoms with Gasteiger partial charge in [0.05, 0.1) is 11.2 Å². The predicted octanol–water partition coefficient (Wildman–Crippen LogP) is 4.98. The number of nitrogens with two attached hydrogens (primary N) is 1. The van der Waals surface area contributed by atoms with Crippen molar-refractivity contribution >= 4 is 27.6 Å². The number of aromatic nitrogens is 3. The van der Waals surface area contributed by atoms with Crippen molar-refractivity contribution in [3.8, 4) is 11.3 Å². The lowest BCUT2D eigenvalue weighted by Crippen LogP contribution is -2.15. The van der Waals surface area contributed by atoms with Crippen LogP contribution in [0.15, 0.2) is 73.2 Å². The molecule has 0 aliphatic rings. The minimum absolute atomic E-state index is 0.319. The number of pyridine rings is 3. The molecule has 0 radical (unpaired) electrons. The van der Waals surface area contributed by atoms with Crippen LogP contribution in [0.5, 0.6) is 0 Å². The van der Waals surface area contributed by atoms with Gasteiger partial charge in [-0.25, -0.2) is 4.39 Å². The minimum Gasteiger partial charge on any atom is -0.366 e. The van der Waals surface area contributed by atoms with E-state index in [2.05, 4.69) is 9.97 Å². The quantitative estimate of drug-likeness (QED) is 0.443. The second-order valence-electron chi connectivity index (χ2n) is 7.79. The molecule has 6 heteroatoms. The highest BCUT2D eigenvalue weighted by atomic mass is 19.1. The Kier molecular flexibility index (Phi) is 4.82. The Morgan fingerprint density at radius 3 is 2.66 bits per heavy atom. The molecule has 0 fully saturated rings. The molecule has 0 unspecified atom stereocenters. The first-order chi connectivity index (χ1) is 15.5. The maximum atomic E-state index is 13.5. The van der Waals surface area contributed by atoms with Gasteiger partial charge < -0.3 is 5.73 Å². The number of carbonyl (C=O) groups excluding carboxylic acids is 1. The van der Waals surface area contributed by atoms with Crippen LogP contribution in [0.2, 0.25) is 0 Å². The van der Waals surface area contributed by atoms with Gasteiger partial charge in [0.2, 0.25) is 5.91 Å². The molecule has 5 aromatic rings. The summed E-state index contributed by atoms with van der Waals surface area (Å²) in [7, 11) is 0. The molecule has 156 valence electrons. The van der Waals surface area contributed by atoms with Gasteiger partial charge in [-0.15, -0.1) is 0 Å². The van der Waals surface area contributed by atoms with Crippen LogP contribution in [0.3, 0.4) is 0 Å². The molecule has 0 aliphatic heterocycles. The maximum absolute atomic E-state index is 13.5. The normalized spacial score (nSPS) is 11.2. The van der Waals surface area contributed by atoms with Crippen molar-refractivity contribution in [3.63, 3.8) is 0 Å². The van der Waals surface area contributed by atoms with Crippen LogP contribution in [0, 0.1) is 12.7 Å². The summed E-state index contributed by atoms with van der Waals surface area (Å²) in [4.78, 5) is 25.6. The van der Waals surface area contributed by atoms with Crippen LogP contribution >= 0.6 is 0 Å². The Balaban J connectivity index is 1.60. The molecule has 0 saturated carbocycles. The molecule has 0 atom stereocenters. The van der Waals surface area contributed by atoms with E-state index in [1.165, 1.54) is 12.1 Å². The van der Waals surface area contributed by atoms with Gasteiger partial charge in [0.15, 0.2) is 0 Å². The summed E-state index contributed by atoms with van der Waals surface area (Å²) in [5, 5.41) is 2.90. The highest BCUT2D eigenvalue weighted by molar-refractivity contribution is 5.96. The van der Waals surface area contributed by atoms with E-state index in [9.17, 15) is 9.18 Å². The lowest BCUT2D eigenvalue weighted by Gasteiger charge is -2.13. The second kappa shape index (κ2) is 7.81. The number of amides is 1. The van der Waals surface area contributed by atoms with E-state index in [4.69, 9.17) is 10.7 Å². The first-order valence-corrected chi connectivity index (χ1v) is 10.2. The Hall–Kier alpha value is -4.19. The molecule has 2 N–H and O–H groups in total. The van der Waals surface area contributed by atoms with E-state index in [1.54, 1.807) is 30.7 Å². The van der Waals surface area contributed by atoms with Crippen LogP contribution in [0.25, 0.3) is 32.9 Å². The van der Waals surface area contributed by atoms with Crippen molar-refractivity contribution in [2.75, 3.05) is 0 Å². The number of hydrogen-bond donors (Lipinski definition) is 1. The summed E-state index contributed by atoms with van der Waals surface area (Å²) in [6.45, 7) is 1.85. The highest BCUT2D eigenvalue weighted by Crippen LogP contribution is 2.27. The molecular weight excluding hydrogens is 403 g/mol. The van der Waals surface area contributed by atoms with E-state index in [0.29, 0.717) is 23.2 Å². The van der Waals surface area contributed by atoms with Gasteiger partial charge in [-0.3, -0.25) is 19.7 Å². The minimum atomic E-state index is -0.496. The fourth-order valence-corrected chi connectivity index (χ4v) is 3.91. The number of primary amides is 1. The van der Waals surface area contributed by atoms with Gasteiger partial charge in [0.1, 0.15) is 5.82 Å². The van der Waals surface area contributed by atoms with Gasteiger partial charge >= 0.3 is 0 Å². The average Bonchev–Trinajstić information content (AvgIpc) is 2.80. The van der Waals surface area contributed by atoms with Crippen molar-refractivity contribution < 1.29 is 9.18 Å². The summed E-state index contributed by atoms with van der Waals surface area (Å²) in [5.41, 5.74) is 10.7. The van der Waals surface area contributed by atoms with Gasteiger partial charge in [-0.1, -0.05) is 12.1 Å². The highest BCUT2D eigenvalue weighted by Gasteiger charge is 2.15. The molecule has 0 aliphatic carbocycles. The Morgan fingerprint density at radius 2 is 1.81 bits per heavy atom. The van der Waals surface area contributed by atoms with Crippen LogP contribution in [-0.4, -0.2) is 20.9 Å². The van der Waals surface area contributed by atoms with Gasteiger partial charge in [0.25, 0.3) is 0 Å². The summed E-state index contributed by atoms with van der Waals surface area (Å²) in [5.74, 6) is -0.815. The molecule has 3 aromatic heterocycles. The number of halogens is 1. The third kappa shape index (κ3) is 3.67. The Morgan fingerprint density at radius 1 is 0.969 bits per heavy atom. The Bertz CT molecular complexity index is 1510. The van der Waals surface area contributed by atoms with E-state index < -0.39 is 5.91 Å². The Labute approximate surface area is 183 Å². The summed E-state index contributed by atoms with van der Waals surface area (Å²) < 4.78 is 13.5. The number of rotatable bonds is 4. The molecule has 0 spiro atoms. The van der Waals surface area contributed by atoms with E-state index >= 15 is 0 Å². The fourth-order valence-electron chi connectivity index (χ4n) is 3.91. The molecule has 0 bridgehead atoms. The monoisotopic (exact) mass is 422 g/mol. The summed E-state index contributed by atoms with van der Waals surface area (Å²) in [6.07, 6.45) is 5.73. The molecule has 1 amide bonds. The fraction of sp³-hybridized carbons (Fsp3) is 0.0769. The molecule has 3 heterocycles. The molecule has 32 heavy (non-hydrogen) atoms. The SMILES string of the molecule is Cc1c(C(N)=O)cc(-c2ccc3cnccc3c2)nc1Cc1cnc2cc(F)ccc2c1. The van der Waals surface area contributed by atoms with E-state index in [-0.39, 0.29) is 5.82 Å². The molecular formula is C26H19FN4O. The number of carbonyl (C=O) groups is 1. The van der Waals surface area contributed by atoms with Crippen molar-refractivity contribution in [1.82, 2.24) is 15.0 Å². The number of nitrogens with zero attached hydrogens (tertiary/aromatic N) is 3. The van der Waals surface area contributed by atoms with E-state index in [1.807, 2.05) is 37.3 Å². The molecule has 0 saturated heterocycles. The van der Waals surface area contributed by atoms with E-state index in [0.717, 1.165) is 38.5 Å². The largest absolute Gasteiger partial charge is 0.366 e. The zero-order chi connectivity index (χ0) is 22.2. The number of hydrogen-bond acceptors (Lipinski definition) is 4. The second-order valence-corrected chi connectivity index (χ2v) is 7.79. The van der Waals surface area contributed by atoms with Crippen molar-refractivity contribution in [3.05, 3.63) is 101 Å². The zero-order valence-corrected chi connectivity index (χ0v) is 17.3. The molecule has 2 aromatic carbocycles. The van der Waals surface area contributed by atoms with Crippen molar-refractivity contribution in [2.45, 2.75) is 13.3 Å². The van der Waals surface area contributed by atoms with Gasteiger partial charge in [-0.05, 0) is 59.8 Å². The van der Waals surface area contributed by atoms with Crippen molar-refractivity contribution in [1.29, 1.82) is 0 Å². The standard InChI is InChI=1S/C26H19FN4O/c1-15-22(26(28)32)12-25(19-2-3-20-14-29-7-6-17(20)10-19)31-23(15)9-16-8-18-4-5-21(27)11-24(18)30-13-16/h2-8,10-14H,9H2,1H3,(H2,28,32). The third-order valence-electron chi connectivity index (χ3n) is 5.65. The molecule has 5 nitrogen and oxygen atoms in total. The number of benzene rings is 2. The third-order valence-corrected chi connectivity index (χ3v) is 5.65. The average molecular weight is 422 g/mol. The summed E-state index contributed by atoms with van der Waals surface area (Å²) in [6, 6.07) is 16.1. The zero-order valence-electron chi connectivity index (χ0n) is 17.3. The van der Waals surface area contributed by atoms with Crippen molar-refractivity contribution in [2.24, 2.45) is 5.73 Å². The van der Waals surface area contributed by atoms with Crippen LogP contribution in [-0.2, 0) is 6.42 Å². The summed E-state index contributed by atoms with van der Waals surface area (Å²) >= 11 is 0. The smallest absolute Gasteiger partial charge is 0.249 e. The number of fused-ring (bicyclic) bond motifs is 2. The van der Waals surface area contributed by atoms with Gasteiger partial charge in [0, 0.05) is 58.7 Å². The van der Waals surface area contributed by atoms with Gasteiger partial charge in [-0.2, -0.15) is 0 Å². The lowest BCUT2D eigenvalue weighted by atomic mass is 9.98. The predicted molar refractivity (Wildman–Crippen MR) is 123 cm³/mol. The first kappa shape index (κ1) is 19.8. The van der Waals surface area contributed by atoms with Crippen LogP contribution in [0.1, 0.15) is 27.2 Å². The van der Waals surface area contributed by atoms with Crippen LogP contribution < -0.4 is 5.73 Å². The van der Waals surface area contributed by atoms with Crippen LogP contribution in [0.4, 0.5) is 4.39 Å².